The summed E-state index contributed by atoms with van der Waals surface area (Å²) in [5.74, 6) is 0.716. The van der Waals surface area contributed by atoms with Gasteiger partial charge in [-0.05, 0) is 55.2 Å². The Hall–Kier alpha value is -0.470. The van der Waals surface area contributed by atoms with Crippen molar-refractivity contribution in [1.29, 1.82) is 0 Å². The summed E-state index contributed by atoms with van der Waals surface area (Å²) in [6.07, 6.45) is 0.346. The van der Waals surface area contributed by atoms with Crippen LogP contribution < -0.4 is 0 Å². The first kappa shape index (κ1) is 11.6. The third-order valence-electron chi connectivity index (χ3n) is 2.86. The molecule has 0 saturated carbocycles. The number of rotatable bonds is 3. The summed E-state index contributed by atoms with van der Waals surface area (Å²) in [6.45, 7) is 6.26. The van der Waals surface area contributed by atoms with Gasteiger partial charge >= 0.3 is 0 Å². The largest absolute Gasteiger partial charge is 0.388 e. The van der Waals surface area contributed by atoms with Gasteiger partial charge in [0.1, 0.15) is 0 Å². The molecule has 1 aromatic carbocycles. The monoisotopic (exact) mass is 210 g/mol. The fraction of sp³-hybridized carbons (Fsp3) is 0.500. The van der Waals surface area contributed by atoms with Crippen molar-refractivity contribution >= 4 is 12.6 Å². The number of hydrogen-bond donors (Lipinski definition) is 2. The average Bonchev–Trinajstić information content (AvgIpc) is 2.15. The van der Waals surface area contributed by atoms with E-state index in [4.69, 9.17) is 0 Å². The zero-order chi connectivity index (χ0) is 10.7. The van der Waals surface area contributed by atoms with Crippen LogP contribution in [0.25, 0.3) is 0 Å². The lowest BCUT2D eigenvalue weighted by atomic mass is 9.95. The molecule has 0 spiro atoms. The quantitative estimate of drug-likeness (QED) is 0.735. The topological polar surface area (TPSA) is 20.2 Å². The van der Waals surface area contributed by atoms with Gasteiger partial charge in [0.05, 0.1) is 6.10 Å². The first-order valence-electron chi connectivity index (χ1n) is 4.93. The Morgan fingerprint density at radius 1 is 1.21 bits per heavy atom. The van der Waals surface area contributed by atoms with E-state index in [1.165, 1.54) is 16.7 Å². The molecule has 0 aliphatic heterocycles. The van der Waals surface area contributed by atoms with Crippen LogP contribution in [0.2, 0.25) is 0 Å². The van der Waals surface area contributed by atoms with E-state index >= 15 is 0 Å². The standard InChI is InChI=1S/C12H18OS/c1-8-4-5-11(10(3)9(8)2)12(13)6-7-14/h4-5,12-14H,6-7H2,1-3H3. The van der Waals surface area contributed by atoms with Crippen molar-refractivity contribution in [3.63, 3.8) is 0 Å². The molecular formula is C12H18OS. The molecule has 1 atom stereocenters. The average molecular weight is 210 g/mol. The van der Waals surface area contributed by atoms with E-state index in [1.807, 2.05) is 6.07 Å². The lowest BCUT2D eigenvalue weighted by molar-refractivity contribution is 0.174. The molecule has 0 aliphatic rings. The van der Waals surface area contributed by atoms with Crippen LogP contribution in [0.5, 0.6) is 0 Å². The van der Waals surface area contributed by atoms with Crippen LogP contribution in [-0.2, 0) is 0 Å². The molecule has 1 unspecified atom stereocenters. The van der Waals surface area contributed by atoms with Gasteiger partial charge in [0, 0.05) is 0 Å². The fourth-order valence-corrected chi connectivity index (χ4v) is 1.86. The van der Waals surface area contributed by atoms with Crippen LogP contribution in [-0.4, -0.2) is 10.9 Å². The van der Waals surface area contributed by atoms with Crippen LogP contribution in [0.1, 0.15) is 34.8 Å². The van der Waals surface area contributed by atoms with E-state index in [1.54, 1.807) is 0 Å². The molecule has 0 aliphatic carbocycles. The molecule has 1 nitrogen and oxygen atoms in total. The van der Waals surface area contributed by atoms with Crippen molar-refractivity contribution in [2.75, 3.05) is 5.75 Å². The lowest BCUT2D eigenvalue weighted by Gasteiger charge is -2.15. The van der Waals surface area contributed by atoms with Gasteiger partial charge < -0.3 is 5.11 Å². The molecular weight excluding hydrogens is 192 g/mol. The third kappa shape index (κ3) is 2.31. The van der Waals surface area contributed by atoms with Crippen LogP contribution in [0.4, 0.5) is 0 Å². The van der Waals surface area contributed by atoms with Gasteiger partial charge in [0.2, 0.25) is 0 Å². The SMILES string of the molecule is Cc1ccc(C(O)CCS)c(C)c1C. The summed E-state index contributed by atoms with van der Waals surface area (Å²) >= 11 is 4.13. The van der Waals surface area contributed by atoms with Crippen molar-refractivity contribution < 1.29 is 5.11 Å². The number of thiol groups is 1. The zero-order valence-electron chi connectivity index (χ0n) is 9.04. The molecule has 14 heavy (non-hydrogen) atoms. The van der Waals surface area contributed by atoms with Gasteiger partial charge in [-0.15, -0.1) is 0 Å². The highest BCUT2D eigenvalue weighted by atomic mass is 32.1. The predicted octanol–water partition coefficient (Wildman–Crippen LogP) is 2.97. The molecule has 1 N–H and O–H groups in total. The number of aliphatic hydroxyl groups is 1. The number of aliphatic hydroxyl groups excluding tert-OH is 1. The van der Waals surface area contributed by atoms with E-state index < -0.39 is 0 Å². The molecule has 1 aromatic rings. The number of hydrogen-bond acceptors (Lipinski definition) is 2. The summed E-state index contributed by atoms with van der Waals surface area (Å²) < 4.78 is 0. The van der Waals surface area contributed by atoms with Crippen LogP contribution in [0.3, 0.4) is 0 Å². The van der Waals surface area contributed by atoms with E-state index in [2.05, 4.69) is 39.5 Å². The molecule has 1 rings (SSSR count). The number of benzene rings is 1. The third-order valence-corrected chi connectivity index (χ3v) is 3.12. The van der Waals surface area contributed by atoms with Gasteiger partial charge in [0.15, 0.2) is 0 Å². The molecule has 0 heterocycles. The maximum atomic E-state index is 9.87. The maximum absolute atomic E-state index is 9.87. The zero-order valence-corrected chi connectivity index (χ0v) is 9.94. The molecule has 2 heteroatoms. The second-order valence-electron chi connectivity index (χ2n) is 3.75. The van der Waals surface area contributed by atoms with Crippen molar-refractivity contribution in [3.05, 3.63) is 34.4 Å². The molecule has 0 bridgehead atoms. The van der Waals surface area contributed by atoms with Crippen LogP contribution in [0.15, 0.2) is 12.1 Å². The Labute approximate surface area is 91.6 Å². The van der Waals surface area contributed by atoms with Gasteiger partial charge in [-0.2, -0.15) is 12.6 Å². The van der Waals surface area contributed by atoms with Gasteiger partial charge in [-0.25, -0.2) is 0 Å². The van der Waals surface area contributed by atoms with Crippen molar-refractivity contribution in [3.8, 4) is 0 Å². The molecule has 78 valence electrons. The predicted molar refractivity (Wildman–Crippen MR) is 64.1 cm³/mol. The van der Waals surface area contributed by atoms with E-state index in [0.29, 0.717) is 12.2 Å². The number of aryl methyl sites for hydroxylation is 1. The van der Waals surface area contributed by atoms with E-state index in [-0.39, 0.29) is 6.10 Å². The minimum atomic E-state index is -0.369. The van der Waals surface area contributed by atoms with Crippen molar-refractivity contribution in [1.82, 2.24) is 0 Å². The Morgan fingerprint density at radius 3 is 2.43 bits per heavy atom. The summed E-state index contributed by atoms with van der Waals surface area (Å²) in [6, 6.07) is 4.09. The van der Waals surface area contributed by atoms with Crippen LogP contribution in [0, 0.1) is 20.8 Å². The molecule has 0 aromatic heterocycles. The normalized spacial score (nSPS) is 12.9. The smallest absolute Gasteiger partial charge is 0.0800 e. The highest BCUT2D eigenvalue weighted by Crippen LogP contribution is 2.25. The summed E-state index contributed by atoms with van der Waals surface area (Å²) in [4.78, 5) is 0. The molecule has 0 amide bonds. The van der Waals surface area contributed by atoms with Crippen LogP contribution >= 0.6 is 12.6 Å². The Balaban J connectivity index is 3.04. The second-order valence-corrected chi connectivity index (χ2v) is 4.20. The fourth-order valence-electron chi connectivity index (χ4n) is 1.62. The van der Waals surface area contributed by atoms with Crippen molar-refractivity contribution in [2.45, 2.75) is 33.3 Å². The van der Waals surface area contributed by atoms with Gasteiger partial charge in [0.25, 0.3) is 0 Å². The molecule has 0 saturated heterocycles. The summed E-state index contributed by atoms with van der Waals surface area (Å²) in [7, 11) is 0. The van der Waals surface area contributed by atoms with Gasteiger partial charge in [-0.1, -0.05) is 12.1 Å². The lowest BCUT2D eigenvalue weighted by Crippen LogP contribution is -2.03. The molecule has 0 radical (unpaired) electrons. The first-order valence-corrected chi connectivity index (χ1v) is 5.56. The highest BCUT2D eigenvalue weighted by molar-refractivity contribution is 7.80. The van der Waals surface area contributed by atoms with Gasteiger partial charge in [-0.3, -0.25) is 0 Å². The first-order chi connectivity index (χ1) is 6.57. The molecule has 0 fully saturated rings. The Kier molecular flexibility index (Phi) is 4.02. The summed E-state index contributed by atoms with van der Waals surface area (Å²) in [5.41, 5.74) is 4.81. The van der Waals surface area contributed by atoms with E-state index in [9.17, 15) is 5.11 Å². The minimum Gasteiger partial charge on any atom is -0.388 e. The highest BCUT2D eigenvalue weighted by Gasteiger charge is 2.11. The summed E-state index contributed by atoms with van der Waals surface area (Å²) in [5, 5.41) is 9.87. The second kappa shape index (κ2) is 4.85. The Morgan fingerprint density at radius 2 is 1.86 bits per heavy atom. The minimum absolute atomic E-state index is 0.369. The maximum Gasteiger partial charge on any atom is 0.0800 e. The van der Waals surface area contributed by atoms with E-state index in [0.717, 1.165) is 5.56 Å². The Bertz CT molecular complexity index is 320. The van der Waals surface area contributed by atoms with Crippen molar-refractivity contribution in [2.24, 2.45) is 0 Å².